The zero-order valence-corrected chi connectivity index (χ0v) is 18.2. The number of halogens is 1. The fraction of sp³-hybridized carbons (Fsp3) is 0.722. The third-order valence-electron chi connectivity index (χ3n) is 5.89. The Bertz CT molecular complexity index is 760. The van der Waals surface area contributed by atoms with Crippen molar-refractivity contribution in [1.82, 2.24) is 14.5 Å². The van der Waals surface area contributed by atoms with E-state index in [0.717, 1.165) is 17.8 Å². The second-order valence-electron chi connectivity index (χ2n) is 7.68. The van der Waals surface area contributed by atoms with E-state index >= 15 is 0 Å². The van der Waals surface area contributed by atoms with Crippen LogP contribution in [0.5, 0.6) is 0 Å². The number of thiophene rings is 1. The third-order valence-corrected chi connectivity index (χ3v) is 9.49. The molecule has 1 amide bonds. The number of nitrogens with one attached hydrogen (secondary N) is 1. The first kappa shape index (κ1) is 21.0. The average Bonchev–Trinajstić information content (AvgIpc) is 3.07. The molecule has 1 saturated heterocycles. The van der Waals surface area contributed by atoms with E-state index < -0.39 is 10.0 Å². The Hall–Kier alpha value is -0.670. The van der Waals surface area contributed by atoms with Crippen molar-refractivity contribution in [2.24, 2.45) is 11.8 Å². The molecule has 1 aromatic heterocycles. The van der Waals surface area contributed by atoms with Crippen molar-refractivity contribution in [1.29, 1.82) is 0 Å². The predicted octanol–water partition coefficient (Wildman–Crippen LogP) is 2.65. The van der Waals surface area contributed by atoms with E-state index in [1.54, 1.807) is 12.1 Å². The number of piperazine rings is 1. The molecule has 9 heteroatoms. The number of nitrogens with zero attached hydrogens (tertiary/aromatic N) is 2. The Kier molecular flexibility index (Phi) is 6.84. The fourth-order valence-corrected chi connectivity index (χ4v) is 6.99. The molecule has 1 aromatic rings. The lowest BCUT2D eigenvalue weighted by molar-refractivity contribution is -0.124. The maximum atomic E-state index is 12.6. The maximum Gasteiger partial charge on any atom is 0.252 e. The van der Waals surface area contributed by atoms with E-state index in [2.05, 4.69) is 19.2 Å². The zero-order chi connectivity index (χ0) is 19.6. The molecule has 2 heterocycles. The molecule has 0 spiro atoms. The van der Waals surface area contributed by atoms with Gasteiger partial charge in [-0.2, -0.15) is 4.31 Å². The smallest absolute Gasteiger partial charge is 0.252 e. The Labute approximate surface area is 170 Å². The first-order chi connectivity index (χ1) is 12.8. The number of hydrogen-bond acceptors (Lipinski definition) is 5. The minimum absolute atomic E-state index is 0.0438. The summed E-state index contributed by atoms with van der Waals surface area (Å²) in [6.45, 7) is 6.70. The van der Waals surface area contributed by atoms with Crippen molar-refractivity contribution in [2.75, 3.05) is 32.7 Å². The highest BCUT2D eigenvalue weighted by molar-refractivity contribution is 7.91. The number of amides is 1. The van der Waals surface area contributed by atoms with Crippen LogP contribution in [0, 0.1) is 11.8 Å². The van der Waals surface area contributed by atoms with E-state index in [1.165, 1.54) is 17.1 Å². The van der Waals surface area contributed by atoms with Gasteiger partial charge in [0, 0.05) is 32.2 Å². The van der Waals surface area contributed by atoms with Crippen LogP contribution in [0.4, 0.5) is 0 Å². The van der Waals surface area contributed by atoms with Crippen LogP contribution in [0.15, 0.2) is 16.3 Å². The average molecular weight is 434 g/mol. The molecule has 0 radical (unpaired) electrons. The summed E-state index contributed by atoms with van der Waals surface area (Å²) in [7, 11) is -3.49. The number of carbonyl (C=O) groups excluding carboxylic acids is 1. The van der Waals surface area contributed by atoms with Gasteiger partial charge < -0.3 is 5.32 Å². The lowest BCUT2D eigenvalue weighted by Gasteiger charge is -2.36. The molecule has 2 fully saturated rings. The van der Waals surface area contributed by atoms with Crippen LogP contribution in [0.2, 0.25) is 4.34 Å². The van der Waals surface area contributed by atoms with Crippen molar-refractivity contribution < 1.29 is 13.2 Å². The van der Waals surface area contributed by atoms with Crippen LogP contribution in [-0.4, -0.2) is 62.3 Å². The minimum Gasteiger partial charge on any atom is -0.352 e. The normalized spacial score (nSPS) is 28.2. The van der Waals surface area contributed by atoms with Crippen molar-refractivity contribution >= 4 is 38.9 Å². The van der Waals surface area contributed by atoms with Crippen LogP contribution in [0.1, 0.15) is 33.1 Å². The van der Waals surface area contributed by atoms with Crippen LogP contribution in [0.25, 0.3) is 0 Å². The van der Waals surface area contributed by atoms with E-state index in [1.807, 2.05) is 4.90 Å². The third kappa shape index (κ3) is 5.03. The van der Waals surface area contributed by atoms with Gasteiger partial charge in [0.05, 0.1) is 10.9 Å². The first-order valence-corrected chi connectivity index (χ1v) is 12.2. The summed E-state index contributed by atoms with van der Waals surface area (Å²) < 4.78 is 27.5. The molecule has 27 heavy (non-hydrogen) atoms. The van der Waals surface area contributed by atoms with Gasteiger partial charge in [-0.25, -0.2) is 8.42 Å². The molecule has 1 N–H and O–H groups in total. The van der Waals surface area contributed by atoms with Gasteiger partial charge in [0.1, 0.15) is 4.21 Å². The van der Waals surface area contributed by atoms with Gasteiger partial charge in [-0.1, -0.05) is 38.3 Å². The molecule has 3 rings (SSSR count). The Balaban J connectivity index is 1.48. The van der Waals surface area contributed by atoms with Gasteiger partial charge >= 0.3 is 0 Å². The van der Waals surface area contributed by atoms with Crippen LogP contribution in [0.3, 0.4) is 0 Å². The van der Waals surface area contributed by atoms with Gasteiger partial charge in [0.2, 0.25) is 5.91 Å². The molecule has 0 aromatic carbocycles. The molecule has 3 atom stereocenters. The van der Waals surface area contributed by atoms with Gasteiger partial charge in [-0.05, 0) is 30.4 Å². The van der Waals surface area contributed by atoms with E-state index in [9.17, 15) is 13.2 Å². The van der Waals surface area contributed by atoms with E-state index in [0.29, 0.717) is 48.9 Å². The second-order valence-corrected chi connectivity index (χ2v) is 11.6. The van der Waals surface area contributed by atoms with Crippen molar-refractivity contribution in [2.45, 2.75) is 43.4 Å². The molecular weight excluding hydrogens is 406 g/mol. The van der Waals surface area contributed by atoms with E-state index in [4.69, 9.17) is 11.6 Å². The minimum atomic E-state index is -3.49. The molecule has 0 bridgehead atoms. The van der Waals surface area contributed by atoms with Crippen molar-refractivity contribution in [3.05, 3.63) is 16.5 Å². The SMILES string of the molecule is C[C@@H]1[C@H](C)CCC[C@H]1NC(=O)CN1CCN(S(=O)(=O)c2ccc(Cl)s2)CC1. The molecule has 1 aliphatic carbocycles. The number of hydrogen-bond donors (Lipinski definition) is 1. The highest BCUT2D eigenvalue weighted by atomic mass is 35.5. The summed E-state index contributed by atoms with van der Waals surface area (Å²) in [6, 6.07) is 3.41. The summed E-state index contributed by atoms with van der Waals surface area (Å²) in [5.74, 6) is 1.19. The topological polar surface area (TPSA) is 69.7 Å². The second kappa shape index (κ2) is 8.78. The monoisotopic (exact) mass is 433 g/mol. The lowest BCUT2D eigenvalue weighted by Crippen LogP contribution is -2.52. The Morgan fingerprint density at radius 3 is 2.56 bits per heavy atom. The lowest BCUT2D eigenvalue weighted by atomic mass is 9.78. The largest absolute Gasteiger partial charge is 0.352 e. The van der Waals surface area contributed by atoms with Gasteiger partial charge in [-0.15, -0.1) is 11.3 Å². The Morgan fingerprint density at radius 1 is 1.22 bits per heavy atom. The molecule has 1 saturated carbocycles. The highest BCUT2D eigenvalue weighted by Crippen LogP contribution is 2.30. The quantitative estimate of drug-likeness (QED) is 0.774. The summed E-state index contributed by atoms with van der Waals surface area (Å²) in [4.78, 5) is 14.5. The van der Waals surface area contributed by atoms with Crippen LogP contribution < -0.4 is 5.32 Å². The first-order valence-electron chi connectivity index (χ1n) is 9.54. The van der Waals surface area contributed by atoms with Crippen LogP contribution in [-0.2, 0) is 14.8 Å². The number of sulfonamides is 1. The maximum absolute atomic E-state index is 12.6. The number of rotatable bonds is 5. The molecule has 0 unspecified atom stereocenters. The summed E-state index contributed by atoms with van der Waals surface area (Å²) in [5.41, 5.74) is 0. The van der Waals surface area contributed by atoms with Gasteiger partial charge in [0.25, 0.3) is 10.0 Å². The summed E-state index contributed by atoms with van der Waals surface area (Å²) in [6.07, 6.45) is 3.45. The van der Waals surface area contributed by atoms with Crippen LogP contribution >= 0.6 is 22.9 Å². The summed E-state index contributed by atoms with van der Waals surface area (Å²) in [5, 5.41) is 3.19. The van der Waals surface area contributed by atoms with E-state index in [-0.39, 0.29) is 16.2 Å². The Morgan fingerprint density at radius 2 is 1.93 bits per heavy atom. The molecule has 2 aliphatic rings. The van der Waals surface area contributed by atoms with Gasteiger partial charge in [0.15, 0.2) is 0 Å². The fourth-order valence-electron chi connectivity index (χ4n) is 3.93. The molecule has 152 valence electrons. The highest BCUT2D eigenvalue weighted by Gasteiger charge is 2.31. The van der Waals surface area contributed by atoms with Crippen molar-refractivity contribution in [3.63, 3.8) is 0 Å². The zero-order valence-electron chi connectivity index (χ0n) is 15.9. The molecule has 1 aliphatic heterocycles. The number of carbonyl (C=O) groups is 1. The molecular formula is C18H28ClN3O3S2. The molecule has 6 nitrogen and oxygen atoms in total. The van der Waals surface area contributed by atoms with Crippen molar-refractivity contribution in [3.8, 4) is 0 Å². The summed E-state index contributed by atoms with van der Waals surface area (Å²) >= 11 is 6.95. The predicted molar refractivity (Wildman–Crippen MR) is 109 cm³/mol. The van der Waals surface area contributed by atoms with Gasteiger partial charge in [-0.3, -0.25) is 9.69 Å². The standard InChI is InChI=1S/C18H28ClN3O3S2/c1-13-4-3-5-15(14(13)2)20-17(23)12-21-8-10-22(11-9-21)27(24,25)18-7-6-16(19)26-18/h6-7,13-15H,3-5,8-12H2,1-2H3,(H,20,23)/t13-,14-,15-/m1/s1.